The summed E-state index contributed by atoms with van der Waals surface area (Å²) in [5.74, 6) is -0.0579. The van der Waals surface area contributed by atoms with Crippen molar-refractivity contribution in [2.24, 2.45) is 0 Å². The molecule has 0 saturated heterocycles. The van der Waals surface area contributed by atoms with E-state index in [4.69, 9.17) is 9.47 Å². The number of hydrogen-bond donors (Lipinski definition) is 1. The Balaban J connectivity index is 2.15. The molecule has 0 unspecified atom stereocenters. The summed E-state index contributed by atoms with van der Waals surface area (Å²) < 4.78 is 23.7. The fourth-order valence-corrected chi connectivity index (χ4v) is 2.62. The van der Waals surface area contributed by atoms with E-state index in [1.54, 1.807) is 18.2 Å². The molecular formula is C21H25FN2O4. The summed E-state index contributed by atoms with van der Waals surface area (Å²) in [6.07, 6.45) is 0. The molecule has 150 valence electrons. The van der Waals surface area contributed by atoms with Crippen LogP contribution in [0.4, 0.5) is 10.1 Å². The quantitative estimate of drug-likeness (QED) is 0.748. The fraction of sp³-hybridized carbons (Fsp3) is 0.333. The van der Waals surface area contributed by atoms with E-state index in [1.165, 1.54) is 36.3 Å². The molecular weight excluding hydrogens is 363 g/mol. The zero-order chi connectivity index (χ0) is 20.7. The first-order valence-electron chi connectivity index (χ1n) is 9.03. The zero-order valence-electron chi connectivity index (χ0n) is 16.5. The number of nitrogens with zero attached hydrogens (tertiary/aromatic N) is 1. The Morgan fingerprint density at radius 1 is 1.11 bits per heavy atom. The predicted molar refractivity (Wildman–Crippen MR) is 105 cm³/mol. The molecule has 0 bridgehead atoms. The molecule has 0 aliphatic heterocycles. The van der Waals surface area contributed by atoms with Crippen LogP contribution in [-0.4, -0.2) is 43.0 Å². The molecule has 0 atom stereocenters. The van der Waals surface area contributed by atoms with Crippen LogP contribution in [0.15, 0.2) is 42.5 Å². The van der Waals surface area contributed by atoms with Gasteiger partial charge in [0.1, 0.15) is 12.4 Å². The summed E-state index contributed by atoms with van der Waals surface area (Å²) >= 11 is 0. The number of carbonyl (C=O) groups excluding carboxylic acids is 2. The van der Waals surface area contributed by atoms with Gasteiger partial charge in [-0.1, -0.05) is 0 Å². The number of halogens is 1. The van der Waals surface area contributed by atoms with Crippen molar-refractivity contribution < 1.29 is 23.5 Å². The minimum Gasteiger partial charge on any atom is -0.493 e. The molecule has 7 heteroatoms. The van der Waals surface area contributed by atoms with Crippen molar-refractivity contribution >= 4 is 17.5 Å². The Morgan fingerprint density at radius 2 is 1.79 bits per heavy atom. The van der Waals surface area contributed by atoms with Crippen LogP contribution in [0.25, 0.3) is 0 Å². The van der Waals surface area contributed by atoms with Gasteiger partial charge in [-0.2, -0.15) is 0 Å². The van der Waals surface area contributed by atoms with E-state index in [1.807, 2.05) is 20.8 Å². The van der Waals surface area contributed by atoms with Crippen molar-refractivity contribution in [3.63, 3.8) is 0 Å². The van der Waals surface area contributed by atoms with Crippen molar-refractivity contribution in [3.8, 4) is 11.5 Å². The maximum Gasteiger partial charge on any atom is 0.254 e. The monoisotopic (exact) mass is 388 g/mol. The molecule has 0 radical (unpaired) electrons. The molecule has 0 saturated carbocycles. The molecule has 0 aliphatic carbocycles. The van der Waals surface area contributed by atoms with Gasteiger partial charge in [-0.05, 0) is 63.2 Å². The first-order valence-corrected chi connectivity index (χ1v) is 9.03. The lowest BCUT2D eigenvalue weighted by molar-refractivity contribution is -0.117. The van der Waals surface area contributed by atoms with Crippen molar-refractivity contribution in [2.45, 2.75) is 26.8 Å². The Kier molecular flexibility index (Phi) is 7.37. The van der Waals surface area contributed by atoms with Gasteiger partial charge < -0.3 is 19.7 Å². The maximum absolute atomic E-state index is 13.0. The van der Waals surface area contributed by atoms with Gasteiger partial charge >= 0.3 is 0 Å². The van der Waals surface area contributed by atoms with Crippen LogP contribution in [0.5, 0.6) is 11.5 Å². The molecule has 2 rings (SSSR count). The lowest BCUT2D eigenvalue weighted by atomic mass is 10.1. The van der Waals surface area contributed by atoms with Crippen molar-refractivity contribution in [3.05, 3.63) is 53.8 Å². The van der Waals surface area contributed by atoms with Gasteiger partial charge in [-0.3, -0.25) is 9.59 Å². The van der Waals surface area contributed by atoms with E-state index in [-0.39, 0.29) is 30.2 Å². The number of ether oxygens (including phenoxy) is 2. The molecule has 2 aromatic carbocycles. The van der Waals surface area contributed by atoms with Gasteiger partial charge in [0.05, 0.1) is 13.7 Å². The van der Waals surface area contributed by atoms with Crippen molar-refractivity contribution in [2.75, 3.05) is 25.6 Å². The number of carbonyl (C=O) groups is 2. The van der Waals surface area contributed by atoms with Crippen molar-refractivity contribution in [1.29, 1.82) is 0 Å². The lowest BCUT2D eigenvalue weighted by Crippen LogP contribution is -2.42. The van der Waals surface area contributed by atoms with Crippen LogP contribution in [0.3, 0.4) is 0 Å². The molecule has 6 nitrogen and oxygen atoms in total. The Bertz CT molecular complexity index is 822. The van der Waals surface area contributed by atoms with Crippen LogP contribution in [0.2, 0.25) is 0 Å². The largest absolute Gasteiger partial charge is 0.493 e. The van der Waals surface area contributed by atoms with Gasteiger partial charge in [-0.15, -0.1) is 0 Å². The third-order valence-corrected chi connectivity index (χ3v) is 4.04. The molecule has 2 aromatic rings. The average Bonchev–Trinajstić information content (AvgIpc) is 2.67. The first-order chi connectivity index (χ1) is 13.3. The van der Waals surface area contributed by atoms with Crippen LogP contribution >= 0.6 is 0 Å². The topological polar surface area (TPSA) is 67.9 Å². The van der Waals surface area contributed by atoms with E-state index in [2.05, 4.69) is 5.32 Å². The normalized spacial score (nSPS) is 10.5. The summed E-state index contributed by atoms with van der Waals surface area (Å²) in [4.78, 5) is 26.8. The number of methoxy groups -OCH3 is 1. The lowest BCUT2D eigenvalue weighted by Gasteiger charge is -2.26. The number of amides is 2. The summed E-state index contributed by atoms with van der Waals surface area (Å²) in [5, 5.41) is 2.67. The van der Waals surface area contributed by atoms with E-state index in [0.29, 0.717) is 29.4 Å². The highest BCUT2D eigenvalue weighted by atomic mass is 19.1. The summed E-state index contributed by atoms with van der Waals surface area (Å²) in [6.45, 7) is 5.86. The van der Waals surface area contributed by atoms with E-state index in [0.717, 1.165) is 0 Å². The number of anilines is 1. The molecule has 0 aromatic heterocycles. The molecule has 2 amide bonds. The Hall–Kier alpha value is -3.09. The smallest absolute Gasteiger partial charge is 0.254 e. The number of benzene rings is 2. The molecule has 0 aliphatic rings. The molecule has 0 fully saturated rings. The van der Waals surface area contributed by atoms with Crippen molar-refractivity contribution in [1.82, 2.24) is 4.90 Å². The van der Waals surface area contributed by atoms with Gasteiger partial charge in [0.2, 0.25) is 5.91 Å². The fourth-order valence-electron chi connectivity index (χ4n) is 2.62. The van der Waals surface area contributed by atoms with E-state index in [9.17, 15) is 14.0 Å². The third-order valence-electron chi connectivity index (χ3n) is 4.04. The summed E-state index contributed by atoms with van der Waals surface area (Å²) in [6, 6.07) is 10.2. The maximum atomic E-state index is 13.0. The molecule has 0 heterocycles. The molecule has 1 N–H and O–H groups in total. The van der Waals surface area contributed by atoms with Crippen LogP contribution in [0.1, 0.15) is 31.1 Å². The average molecular weight is 388 g/mol. The highest BCUT2D eigenvalue weighted by Crippen LogP contribution is 2.28. The zero-order valence-corrected chi connectivity index (χ0v) is 16.5. The molecule has 28 heavy (non-hydrogen) atoms. The molecule has 0 spiro atoms. The van der Waals surface area contributed by atoms with Gasteiger partial charge in [0, 0.05) is 17.3 Å². The Labute approximate surface area is 164 Å². The highest BCUT2D eigenvalue weighted by Gasteiger charge is 2.23. The van der Waals surface area contributed by atoms with Crippen LogP contribution in [-0.2, 0) is 4.79 Å². The minimum absolute atomic E-state index is 0.136. The van der Waals surface area contributed by atoms with E-state index < -0.39 is 0 Å². The number of nitrogens with one attached hydrogen (secondary N) is 1. The van der Waals surface area contributed by atoms with Gasteiger partial charge in [-0.25, -0.2) is 4.39 Å². The Morgan fingerprint density at radius 3 is 2.36 bits per heavy atom. The van der Waals surface area contributed by atoms with Gasteiger partial charge in [0.15, 0.2) is 11.5 Å². The van der Waals surface area contributed by atoms with Crippen LogP contribution < -0.4 is 14.8 Å². The third kappa shape index (κ3) is 5.45. The summed E-state index contributed by atoms with van der Waals surface area (Å²) in [5.41, 5.74) is 0.855. The van der Waals surface area contributed by atoms with E-state index >= 15 is 0 Å². The summed E-state index contributed by atoms with van der Waals surface area (Å²) in [7, 11) is 1.50. The predicted octanol–water partition coefficient (Wildman–Crippen LogP) is 3.72. The van der Waals surface area contributed by atoms with Gasteiger partial charge in [0.25, 0.3) is 5.91 Å². The number of rotatable bonds is 8. The second-order valence-corrected chi connectivity index (χ2v) is 6.38. The SMILES string of the molecule is CCOc1ccc(C(=O)N(CC(=O)Nc2ccc(F)cc2)C(C)C)cc1OC. The first kappa shape index (κ1) is 21.2. The second kappa shape index (κ2) is 9.73. The standard InChI is InChI=1S/C21H25FN2O4/c1-5-28-18-11-6-15(12-19(18)27-4)21(26)24(14(2)3)13-20(25)23-17-9-7-16(22)8-10-17/h6-12,14H,5,13H2,1-4H3,(H,23,25). The number of hydrogen-bond acceptors (Lipinski definition) is 4. The second-order valence-electron chi connectivity index (χ2n) is 6.38. The van der Waals surface area contributed by atoms with Crippen LogP contribution in [0, 0.1) is 5.82 Å². The highest BCUT2D eigenvalue weighted by molar-refractivity contribution is 5.99. The minimum atomic E-state index is -0.388.